The van der Waals surface area contributed by atoms with E-state index in [0.29, 0.717) is 13.2 Å². The Labute approximate surface area is 105 Å². The Morgan fingerprint density at radius 3 is 2.83 bits per heavy atom. The van der Waals surface area contributed by atoms with Crippen LogP contribution in [0.2, 0.25) is 0 Å². The maximum absolute atomic E-state index is 11.6. The number of rotatable bonds is 6. The molecule has 0 bridgehead atoms. The van der Waals surface area contributed by atoms with E-state index in [-0.39, 0.29) is 18.2 Å². The molecule has 0 fully saturated rings. The number of carbonyl (C=O) groups excluding carboxylic acids is 1. The second-order valence-corrected chi connectivity index (χ2v) is 3.81. The van der Waals surface area contributed by atoms with Crippen LogP contribution in [0, 0.1) is 10.1 Å². The molecule has 0 spiro atoms. The van der Waals surface area contributed by atoms with E-state index in [9.17, 15) is 14.9 Å². The molecule has 18 heavy (non-hydrogen) atoms. The standard InChI is InChI=1S/C12H16N2O4/c1-3-18-9-12(15)13(2)8-10-5-4-6-11(7-10)14(16)17/h4-7H,3,8-9H2,1-2H3. The highest BCUT2D eigenvalue weighted by Gasteiger charge is 2.11. The number of nitrogens with zero attached hydrogens (tertiary/aromatic N) is 2. The van der Waals surface area contributed by atoms with Gasteiger partial charge >= 0.3 is 0 Å². The van der Waals surface area contributed by atoms with Crippen molar-refractivity contribution in [1.29, 1.82) is 0 Å². The molecule has 1 aromatic carbocycles. The minimum Gasteiger partial charge on any atom is -0.372 e. The lowest BCUT2D eigenvalue weighted by atomic mass is 10.2. The van der Waals surface area contributed by atoms with Crippen molar-refractivity contribution in [1.82, 2.24) is 4.90 Å². The Kier molecular flexibility index (Phi) is 5.26. The minimum absolute atomic E-state index is 0.0261. The van der Waals surface area contributed by atoms with Gasteiger partial charge in [-0.3, -0.25) is 14.9 Å². The first kappa shape index (κ1) is 14.1. The molecule has 98 valence electrons. The number of hydrogen-bond acceptors (Lipinski definition) is 4. The number of amides is 1. The second kappa shape index (κ2) is 6.70. The quantitative estimate of drug-likeness (QED) is 0.569. The average Bonchev–Trinajstić information content (AvgIpc) is 2.36. The molecule has 0 aliphatic rings. The van der Waals surface area contributed by atoms with Crippen molar-refractivity contribution in [2.45, 2.75) is 13.5 Å². The van der Waals surface area contributed by atoms with Crippen LogP contribution in [0.25, 0.3) is 0 Å². The van der Waals surface area contributed by atoms with Crippen LogP contribution in [0.1, 0.15) is 12.5 Å². The van der Waals surface area contributed by atoms with E-state index in [1.54, 1.807) is 19.2 Å². The summed E-state index contributed by atoms with van der Waals surface area (Å²) in [6, 6.07) is 6.24. The van der Waals surface area contributed by atoms with Gasteiger partial charge in [0, 0.05) is 32.3 Å². The molecule has 1 amide bonds. The Morgan fingerprint density at radius 2 is 2.22 bits per heavy atom. The molecule has 1 aromatic rings. The molecule has 0 heterocycles. The zero-order chi connectivity index (χ0) is 13.5. The van der Waals surface area contributed by atoms with Gasteiger partial charge in [-0.15, -0.1) is 0 Å². The van der Waals surface area contributed by atoms with Gasteiger partial charge in [-0.05, 0) is 12.5 Å². The van der Waals surface area contributed by atoms with Gasteiger partial charge in [0.05, 0.1) is 4.92 Å². The first-order valence-corrected chi connectivity index (χ1v) is 5.59. The highest BCUT2D eigenvalue weighted by Crippen LogP contribution is 2.14. The van der Waals surface area contributed by atoms with E-state index in [4.69, 9.17) is 4.74 Å². The summed E-state index contributed by atoms with van der Waals surface area (Å²) < 4.78 is 5.02. The second-order valence-electron chi connectivity index (χ2n) is 3.81. The molecule has 0 atom stereocenters. The zero-order valence-corrected chi connectivity index (χ0v) is 10.5. The van der Waals surface area contributed by atoms with Crippen molar-refractivity contribution in [3.05, 3.63) is 39.9 Å². The SMILES string of the molecule is CCOCC(=O)N(C)Cc1cccc([N+](=O)[O-])c1. The van der Waals surface area contributed by atoms with Gasteiger partial charge in [-0.2, -0.15) is 0 Å². The summed E-state index contributed by atoms with van der Waals surface area (Å²) in [4.78, 5) is 23.2. The van der Waals surface area contributed by atoms with Gasteiger partial charge in [-0.1, -0.05) is 12.1 Å². The van der Waals surface area contributed by atoms with Crippen molar-refractivity contribution >= 4 is 11.6 Å². The van der Waals surface area contributed by atoms with Crippen molar-refractivity contribution in [3.8, 4) is 0 Å². The number of ether oxygens (including phenoxy) is 1. The van der Waals surface area contributed by atoms with Crippen molar-refractivity contribution in [3.63, 3.8) is 0 Å². The van der Waals surface area contributed by atoms with Gasteiger partial charge < -0.3 is 9.64 Å². The topological polar surface area (TPSA) is 72.7 Å². The predicted octanol–water partition coefficient (Wildman–Crippen LogP) is 1.59. The molecule has 1 rings (SSSR count). The number of nitro benzene ring substituents is 1. The summed E-state index contributed by atoms with van der Waals surface area (Å²) in [5.74, 6) is -0.150. The van der Waals surface area contributed by atoms with Crippen molar-refractivity contribution < 1.29 is 14.5 Å². The summed E-state index contributed by atoms with van der Waals surface area (Å²) in [5, 5.41) is 10.6. The lowest BCUT2D eigenvalue weighted by molar-refractivity contribution is -0.384. The van der Waals surface area contributed by atoms with Crippen LogP contribution in [0.4, 0.5) is 5.69 Å². The first-order chi connectivity index (χ1) is 8.54. The third-order valence-electron chi connectivity index (χ3n) is 2.40. The molecule has 0 radical (unpaired) electrons. The fourth-order valence-electron chi connectivity index (χ4n) is 1.43. The first-order valence-electron chi connectivity index (χ1n) is 5.59. The molecule has 0 N–H and O–H groups in total. The van der Waals surface area contributed by atoms with Crippen molar-refractivity contribution in [2.75, 3.05) is 20.3 Å². The van der Waals surface area contributed by atoms with Gasteiger partial charge in [0.25, 0.3) is 5.69 Å². The van der Waals surface area contributed by atoms with Gasteiger partial charge in [0.15, 0.2) is 0 Å². The molecule has 6 heteroatoms. The lowest BCUT2D eigenvalue weighted by Crippen LogP contribution is -2.29. The highest BCUT2D eigenvalue weighted by atomic mass is 16.6. The van der Waals surface area contributed by atoms with Crippen LogP contribution in [0.15, 0.2) is 24.3 Å². The van der Waals surface area contributed by atoms with E-state index < -0.39 is 4.92 Å². The molecule has 0 aliphatic heterocycles. The molecule has 0 aromatic heterocycles. The van der Waals surface area contributed by atoms with Crippen LogP contribution < -0.4 is 0 Å². The number of hydrogen-bond donors (Lipinski definition) is 0. The normalized spacial score (nSPS) is 10.1. The fourth-order valence-corrected chi connectivity index (χ4v) is 1.43. The average molecular weight is 252 g/mol. The Balaban J connectivity index is 2.63. The van der Waals surface area contributed by atoms with E-state index in [0.717, 1.165) is 5.56 Å². The molecule has 0 aliphatic carbocycles. The Hall–Kier alpha value is -1.95. The largest absolute Gasteiger partial charge is 0.372 e. The summed E-state index contributed by atoms with van der Waals surface area (Å²) in [7, 11) is 1.64. The summed E-state index contributed by atoms with van der Waals surface area (Å²) in [6.45, 7) is 2.65. The van der Waals surface area contributed by atoms with Gasteiger partial charge in [0.1, 0.15) is 6.61 Å². The third-order valence-corrected chi connectivity index (χ3v) is 2.40. The molecule has 6 nitrogen and oxygen atoms in total. The van der Waals surface area contributed by atoms with Crippen LogP contribution in [-0.2, 0) is 16.1 Å². The number of non-ortho nitro benzene ring substituents is 1. The Morgan fingerprint density at radius 1 is 1.50 bits per heavy atom. The lowest BCUT2D eigenvalue weighted by Gasteiger charge is -2.16. The fraction of sp³-hybridized carbons (Fsp3) is 0.417. The summed E-state index contributed by atoms with van der Waals surface area (Å²) in [5.41, 5.74) is 0.745. The van der Waals surface area contributed by atoms with Crippen LogP contribution in [-0.4, -0.2) is 36.0 Å². The maximum atomic E-state index is 11.6. The van der Waals surface area contributed by atoms with Gasteiger partial charge in [-0.25, -0.2) is 0 Å². The minimum atomic E-state index is -0.453. The molecule has 0 unspecified atom stereocenters. The monoisotopic (exact) mass is 252 g/mol. The maximum Gasteiger partial charge on any atom is 0.269 e. The zero-order valence-electron chi connectivity index (χ0n) is 10.5. The number of likely N-dealkylation sites (N-methyl/N-ethyl adjacent to an activating group) is 1. The van der Waals surface area contributed by atoms with E-state index >= 15 is 0 Å². The molecule has 0 saturated carbocycles. The van der Waals surface area contributed by atoms with Gasteiger partial charge in [0.2, 0.25) is 5.91 Å². The van der Waals surface area contributed by atoms with Crippen LogP contribution in [0.3, 0.4) is 0 Å². The molecule has 0 saturated heterocycles. The third kappa shape index (κ3) is 4.14. The van der Waals surface area contributed by atoms with Crippen molar-refractivity contribution in [2.24, 2.45) is 0 Å². The number of carbonyl (C=O) groups is 1. The smallest absolute Gasteiger partial charge is 0.269 e. The summed E-state index contributed by atoms with van der Waals surface area (Å²) >= 11 is 0. The predicted molar refractivity (Wildman–Crippen MR) is 66.1 cm³/mol. The number of nitro groups is 1. The molecular weight excluding hydrogens is 236 g/mol. The van der Waals surface area contributed by atoms with Crippen LogP contribution >= 0.6 is 0 Å². The van der Waals surface area contributed by atoms with E-state index in [1.165, 1.54) is 17.0 Å². The highest BCUT2D eigenvalue weighted by molar-refractivity contribution is 5.77. The Bertz CT molecular complexity index is 434. The van der Waals surface area contributed by atoms with Crippen LogP contribution in [0.5, 0.6) is 0 Å². The van der Waals surface area contributed by atoms with E-state index in [2.05, 4.69) is 0 Å². The molecular formula is C12H16N2O4. The summed E-state index contributed by atoms with van der Waals surface area (Å²) in [6.07, 6.45) is 0. The van der Waals surface area contributed by atoms with E-state index in [1.807, 2.05) is 6.92 Å². The number of benzene rings is 1.